The molecule has 0 saturated heterocycles. The van der Waals surface area contributed by atoms with Gasteiger partial charge in [0.25, 0.3) is 0 Å². The van der Waals surface area contributed by atoms with Gasteiger partial charge in [-0.25, -0.2) is 4.99 Å². The summed E-state index contributed by atoms with van der Waals surface area (Å²) in [5.41, 5.74) is 0. The number of hydrogen-bond acceptors (Lipinski definition) is 3. The second-order valence-corrected chi connectivity index (χ2v) is 3.18. The number of dihydropyridines is 1. The average Bonchev–Trinajstić information content (AvgIpc) is 2.19. The maximum absolute atomic E-state index is 5.28. The number of aliphatic imine (C=N–C) groups is 1. The highest BCUT2D eigenvalue weighted by molar-refractivity contribution is 5.84. The second-order valence-electron chi connectivity index (χ2n) is 3.18. The standard InChI is InChI=1S/C11H13NO2/c1-13-10-5-3-4-8-6-7-9(10)11(12-8)14-2/h3-9H,1-2H3/t8-,9+/m1/s1. The molecular weight excluding hydrogens is 178 g/mol. The molecule has 1 aliphatic carbocycles. The Morgan fingerprint density at radius 2 is 2.00 bits per heavy atom. The Morgan fingerprint density at radius 1 is 1.14 bits per heavy atom. The van der Waals surface area contributed by atoms with E-state index in [2.05, 4.69) is 17.1 Å². The van der Waals surface area contributed by atoms with E-state index in [-0.39, 0.29) is 12.0 Å². The first kappa shape index (κ1) is 9.06. The van der Waals surface area contributed by atoms with Crippen LogP contribution in [0.25, 0.3) is 0 Å². The van der Waals surface area contributed by atoms with Crippen LogP contribution in [-0.2, 0) is 9.47 Å². The Morgan fingerprint density at radius 3 is 2.71 bits per heavy atom. The second kappa shape index (κ2) is 3.70. The lowest BCUT2D eigenvalue weighted by Crippen LogP contribution is -2.24. The molecule has 3 aliphatic rings. The largest absolute Gasteiger partial charge is 0.500 e. The van der Waals surface area contributed by atoms with E-state index in [4.69, 9.17) is 9.47 Å². The van der Waals surface area contributed by atoms with Gasteiger partial charge in [-0.05, 0) is 6.08 Å². The van der Waals surface area contributed by atoms with E-state index in [9.17, 15) is 0 Å². The Kier molecular flexibility index (Phi) is 2.39. The van der Waals surface area contributed by atoms with Crippen LogP contribution < -0.4 is 0 Å². The summed E-state index contributed by atoms with van der Waals surface area (Å²) in [6.07, 6.45) is 10.0. The van der Waals surface area contributed by atoms with Crippen molar-refractivity contribution in [3.05, 3.63) is 36.1 Å². The fourth-order valence-electron chi connectivity index (χ4n) is 1.64. The van der Waals surface area contributed by atoms with E-state index < -0.39 is 0 Å². The van der Waals surface area contributed by atoms with Crippen molar-refractivity contribution in [2.24, 2.45) is 10.9 Å². The van der Waals surface area contributed by atoms with E-state index in [1.165, 1.54) is 0 Å². The number of methoxy groups -OCH3 is 2. The molecule has 0 aromatic rings. The van der Waals surface area contributed by atoms with Crippen LogP contribution in [0.4, 0.5) is 0 Å². The summed E-state index contributed by atoms with van der Waals surface area (Å²) in [6, 6.07) is 0.107. The number of hydrogen-bond donors (Lipinski definition) is 0. The van der Waals surface area contributed by atoms with Crippen molar-refractivity contribution in [3.63, 3.8) is 0 Å². The van der Waals surface area contributed by atoms with Crippen molar-refractivity contribution in [2.75, 3.05) is 14.2 Å². The molecule has 3 heteroatoms. The average molecular weight is 191 g/mol. The lowest BCUT2D eigenvalue weighted by molar-refractivity contribution is 0.258. The van der Waals surface area contributed by atoms with E-state index in [0.717, 1.165) is 11.7 Å². The van der Waals surface area contributed by atoms with Crippen molar-refractivity contribution in [1.82, 2.24) is 0 Å². The third kappa shape index (κ3) is 1.45. The summed E-state index contributed by atoms with van der Waals surface area (Å²) in [4.78, 5) is 4.42. The van der Waals surface area contributed by atoms with Crippen molar-refractivity contribution in [1.29, 1.82) is 0 Å². The summed E-state index contributed by atoms with van der Waals surface area (Å²) < 4.78 is 10.5. The number of allylic oxidation sites excluding steroid dienone is 2. The monoisotopic (exact) mass is 191 g/mol. The van der Waals surface area contributed by atoms with Gasteiger partial charge >= 0.3 is 0 Å². The summed E-state index contributed by atoms with van der Waals surface area (Å²) in [6.45, 7) is 0. The predicted octanol–water partition coefficient (Wildman–Crippen LogP) is 1.69. The van der Waals surface area contributed by atoms with Crippen LogP contribution in [-0.4, -0.2) is 26.2 Å². The summed E-state index contributed by atoms with van der Waals surface area (Å²) in [5, 5.41) is 0. The van der Waals surface area contributed by atoms with E-state index >= 15 is 0 Å². The minimum atomic E-state index is 0.0335. The summed E-state index contributed by atoms with van der Waals surface area (Å²) in [7, 11) is 3.30. The molecule has 0 radical (unpaired) electrons. The highest BCUT2D eigenvalue weighted by Gasteiger charge is 2.25. The Labute approximate surface area is 83.4 Å². The van der Waals surface area contributed by atoms with Gasteiger partial charge in [0.05, 0.1) is 20.3 Å². The van der Waals surface area contributed by atoms with Crippen molar-refractivity contribution in [3.8, 4) is 0 Å². The minimum Gasteiger partial charge on any atom is -0.500 e. The molecule has 0 aromatic heterocycles. The van der Waals surface area contributed by atoms with Gasteiger partial charge in [-0.15, -0.1) is 0 Å². The van der Waals surface area contributed by atoms with Crippen LogP contribution in [0.3, 0.4) is 0 Å². The van der Waals surface area contributed by atoms with E-state index in [1.807, 2.05) is 18.2 Å². The highest BCUT2D eigenvalue weighted by Crippen LogP contribution is 2.24. The van der Waals surface area contributed by atoms with Crippen molar-refractivity contribution >= 4 is 5.90 Å². The fraction of sp³-hybridized carbons (Fsp3) is 0.364. The maximum atomic E-state index is 5.28. The third-order valence-electron chi connectivity index (χ3n) is 2.36. The first-order chi connectivity index (χ1) is 6.85. The normalized spacial score (nSPS) is 29.0. The van der Waals surface area contributed by atoms with Gasteiger partial charge in [0.1, 0.15) is 11.7 Å². The van der Waals surface area contributed by atoms with Crippen LogP contribution in [0, 0.1) is 5.92 Å². The van der Waals surface area contributed by atoms with E-state index in [0.29, 0.717) is 0 Å². The van der Waals surface area contributed by atoms with Gasteiger partial charge in [-0.1, -0.05) is 24.3 Å². The zero-order chi connectivity index (χ0) is 9.97. The summed E-state index contributed by atoms with van der Waals surface area (Å²) in [5.74, 6) is 1.61. The summed E-state index contributed by atoms with van der Waals surface area (Å²) >= 11 is 0. The lowest BCUT2D eigenvalue weighted by atomic mass is 9.99. The van der Waals surface area contributed by atoms with Gasteiger partial charge in [-0.2, -0.15) is 0 Å². The molecule has 3 nitrogen and oxygen atoms in total. The lowest BCUT2D eigenvalue weighted by Gasteiger charge is -2.23. The zero-order valence-electron chi connectivity index (χ0n) is 8.31. The topological polar surface area (TPSA) is 30.8 Å². The maximum Gasteiger partial charge on any atom is 0.198 e. The molecule has 2 bridgehead atoms. The number of nitrogens with zero attached hydrogens (tertiary/aromatic N) is 1. The predicted molar refractivity (Wildman–Crippen MR) is 55.1 cm³/mol. The van der Waals surface area contributed by atoms with Gasteiger partial charge < -0.3 is 9.47 Å². The van der Waals surface area contributed by atoms with Gasteiger partial charge in [-0.3, -0.25) is 0 Å². The molecule has 0 saturated carbocycles. The molecule has 74 valence electrons. The van der Waals surface area contributed by atoms with Gasteiger partial charge in [0, 0.05) is 0 Å². The third-order valence-corrected chi connectivity index (χ3v) is 2.36. The fourth-order valence-corrected chi connectivity index (χ4v) is 1.64. The van der Waals surface area contributed by atoms with Crippen LogP contribution in [0.1, 0.15) is 0 Å². The number of rotatable bonds is 1. The van der Waals surface area contributed by atoms with Crippen molar-refractivity contribution in [2.45, 2.75) is 6.04 Å². The molecule has 0 fully saturated rings. The van der Waals surface area contributed by atoms with Crippen molar-refractivity contribution < 1.29 is 9.47 Å². The van der Waals surface area contributed by atoms with Crippen LogP contribution in [0.5, 0.6) is 0 Å². The molecule has 0 amide bonds. The molecule has 0 spiro atoms. The first-order valence-corrected chi connectivity index (χ1v) is 4.57. The quantitative estimate of drug-likeness (QED) is 0.590. The Hall–Kier alpha value is -1.51. The molecular formula is C11H13NO2. The molecule has 0 aromatic carbocycles. The molecule has 2 atom stereocenters. The zero-order valence-corrected chi connectivity index (χ0v) is 8.31. The molecule has 0 unspecified atom stereocenters. The number of fused-ring (bicyclic) bond motifs is 1. The molecule has 3 rings (SSSR count). The molecule has 2 heterocycles. The van der Waals surface area contributed by atoms with Gasteiger partial charge in [0.2, 0.25) is 0 Å². The van der Waals surface area contributed by atoms with Crippen LogP contribution >= 0.6 is 0 Å². The Bertz CT molecular complexity index is 339. The molecule has 2 aliphatic heterocycles. The highest BCUT2D eigenvalue weighted by atomic mass is 16.5. The number of ether oxygens (including phenoxy) is 2. The first-order valence-electron chi connectivity index (χ1n) is 4.57. The molecule has 0 N–H and O–H groups in total. The van der Waals surface area contributed by atoms with Crippen LogP contribution in [0.2, 0.25) is 0 Å². The Balaban J connectivity index is 2.40. The molecule has 14 heavy (non-hydrogen) atoms. The van der Waals surface area contributed by atoms with E-state index in [1.54, 1.807) is 14.2 Å². The van der Waals surface area contributed by atoms with Gasteiger partial charge in [0.15, 0.2) is 5.90 Å². The SMILES string of the molecule is COC1=CC=C[C@@H]2C=C[C@@H]1C(OC)=N2. The van der Waals surface area contributed by atoms with Crippen LogP contribution in [0.15, 0.2) is 41.1 Å². The smallest absolute Gasteiger partial charge is 0.198 e. The minimum absolute atomic E-state index is 0.0335.